The average Bonchev–Trinajstić information content (AvgIpc) is 3.12. The minimum Gasteiger partial charge on any atom is -0.352 e. The highest BCUT2D eigenvalue weighted by Crippen LogP contribution is 2.27. The van der Waals surface area contributed by atoms with Crippen LogP contribution >= 0.6 is 0 Å². The third kappa shape index (κ3) is 4.23. The predicted octanol–water partition coefficient (Wildman–Crippen LogP) is 3.68. The zero-order chi connectivity index (χ0) is 17.8. The van der Waals surface area contributed by atoms with E-state index >= 15 is 0 Å². The Bertz CT molecular complexity index is 605. The molecule has 0 radical (unpaired) electrons. The molecule has 1 aliphatic carbocycles. The third-order valence-corrected chi connectivity index (χ3v) is 5.84. The van der Waals surface area contributed by atoms with E-state index in [-0.39, 0.29) is 23.9 Å². The minimum absolute atomic E-state index is 0.0241. The van der Waals surface area contributed by atoms with Gasteiger partial charge in [-0.05, 0) is 57.6 Å². The highest BCUT2D eigenvalue weighted by atomic mass is 16.2. The Balaban J connectivity index is 1.63. The van der Waals surface area contributed by atoms with Gasteiger partial charge in [0.05, 0.1) is 0 Å². The van der Waals surface area contributed by atoms with Crippen molar-refractivity contribution in [1.82, 2.24) is 10.2 Å². The first kappa shape index (κ1) is 18.0. The van der Waals surface area contributed by atoms with Crippen molar-refractivity contribution in [1.29, 1.82) is 0 Å². The van der Waals surface area contributed by atoms with Crippen molar-refractivity contribution >= 4 is 11.8 Å². The number of aryl methyl sites for hydroxylation is 1. The lowest BCUT2D eigenvalue weighted by Gasteiger charge is -2.31. The molecule has 0 spiro atoms. The number of nitrogens with zero attached hydrogens (tertiary/aromatic N) is 1. The second-order valence-corrected chi connectivity index (χ2v) is 7.72. The molecular weight excluding hydrogens is 312 g/mol. The lowest BCUT2D eigenvalue weighted by molar-refractivity contribution is -0.125. The molecule has 25 heavy (non-hydrogen) atoms. The second kappa shape index (κ2) is 8.03. The van der Waals surface area contributed by atoms with Gasteiger partial charge in [-0.25, -0.2) is 0 Å². The zero-order valence-corrected chi connectivity index (χ0v) is 15.5. The van der Waals surface area contributed by atoms with Crippen molar-refractivity contribution in [2.24, 2.45) is 5.92 Å². The maximum atomic E-state index is 12.8. The summed E-state index contributed by atoms with van der Waals surface area (Å²) in [5, 5.41) is 3.20. The summed E-state index contributed by atoms with van der Waals surface area (Å²) in [5.74, 6) is 0.583. The van der Waals surface area contributed by atoms with Gasteiger partial charge in [-0.1, -0.05) is 37.0 Å². The molecular formula is C21H30N2O2. The van der Waals surface area contributed by atoms with Crippen LogP contribution in [-0.2, 0) is 4.79 Å². The molecule has 1 heterocycles. The first-order valence-electron chi connectivity index (χ1n) is 9.74. The monoisotopic (exact) mass is 342 g/mol. The molecule has 1 saturated heterocycles. The molecule has 0 aromatic heterocycles. The van der Waals surface area contributed by atoms with Gasteiger partial charge in [-0.15, -0.1) is 0 Å². The summed E-state index contributed by atoms with van der Waals surface area (Å²) in [4.78, 5) is 27.4. The summed E-state index contributed by atoms with van der Waals surface area (Å²) in [5.41, 5.74) is 1.80. The molecule has 136 valence electrons. The van der Waals surface area contributed by atoms with Gasteiger partial charge in [0.2, 0.25) is 5.91 Å². The largest absolute Gasteiger partial charge is 0.352 e. The number of nitrogens with one attached hydrogen (secondary N) is 1. The Kier molecular flexibility index (Phi) is 5.77. The summed E-state index contributed by atoms with van der Waals surface area (Å²) in [6, 6.07) is 7.49. The van der Waals surface area contributed by atoms with Gasteiger partial charge in [0.1, 0.15) is 6.04 Å². The molecule has 0 unspecified atom stereocenters. The number of rotatable bonds is 4. The molecule has 2 aliphatic rings. The van der Waals surface area contributed by atoms with Crippen LogP contribution in [0.5, 0.6) is 0 Å². The molecule has 1 aromatic carbocycles. The van der Waals surface area contributed by atoms with Gasteiger partial charge >= 0.3 is 0 Å². The first-order chi connectivity index (χ1) is 12.1. The minimum atomic E-state index is -0.320. The summed E-state index contributed by atoms with van der Waals surface area (Å²) in [7, 11) is 0. The van der Waals surface area contributed by atoms with Crippen molar-refractivity contribution in [2.45, 2.75) is 70.9 Å². The van der Waals surface area contributed by atoms with Crippen LogP contribution in [0.2, 0.25) is 0 Å². The van der Waals surface area contributed by atoms with Crippen LogP contribution in [0, 0.1) is 12.8 Å². The van der Waals surface area contributed by atoms with E-state index in [1.807, 2.05) is 31.2 Å². The van der Waals surface area contributed by atoms with Crippen molar-refractivity contribution < 1.29 is 9.59 Å². The van der Waals surface area contributed by atoms with Gasteiger partial charge in [0, 0.05) is 18.2 Å². The number of hydrogen-bond acceptors (Lipinski definition) is 2. The van der Waals surface area contributed by atoms with Crippen LogP contribution in [0.1, 0.15) is 67.8 Å². The SMILES string of the molecule is Cc1ccc(C(=O)N2CCC[C@@H]2C(=O)N[C@@H](C)C2CCCCC2)cc1. The molecule has 4 nitrogen and oxygen atoms in total. The first-order valence-corrected chi connectivity index (χ1v) is 9.74. The summed E-state index contributed by atoms with van der Waals surface area (Å²) >= 11 is 0. The average molecular weight is 342 g/mol. The lowest BCUT2D eigenvalue weighted by Crippen LogP contribution is -2.50. The Morgan fingerprint density at radius 3 is 2.40 bits per heavy atom. The van der Waals surface area contributed by atoms with E-state index in [1.54, 1.807) is 4.90 Å². The van der Waals surface area contributed by atoms with Crippen LogP contribution in [0.3, 0.4) is 0 Å². The highest BCUT2D eigenvalue weighted by molar-refractivity contribution is 5.98. The summed E-state index contributed by atoms with van der Waals surface area (Å²) < 4.78 is 0. The van der Waals surface area contributed by atoms with E-state index in [0.717, 1.165) is 18.4 Å². The van der Waals surface area contributed by atoms with E-state index in [4.69, 9.17) is 0 Å². The van der Waals surface area contributed by atoms with Crippen LogP contribution in [0.15, 0.2) is 24.3 Å². The lowest BCUT2D eigenvalue weighted by atomic mass is 9.84. The number of amides is 2. The molecule has 2 atom stereocenters. The van der Waals surface area contributed by atoms with E-state index < -0.39 is 0 Å². The normalized spacial score (nSPS) is 22.6. The molecule has 1 aliphatic heterocycles. The maximum absolute atomic E-state index is 12.8. The molecule has 2 fully saturated rings. The van der Waals surface area contributed by atoms with E-state index in [9.17, 15) is 9.59 Å². The van der Waals surface area contributed by atoms with Gasteiger partial charge in [-0.3, -0.25) is 9.59 Å². The fourth-order valence-electron chi connectivity index (χ4n) is 4.22. The molecule has 3 rings (SSSR count). The van der Waals surface area contributed by atoms with Crippen molar-refractivity contribution in [3.05, 3.63) is 35.4 Å². The zero-order valence-electron chi connectivity index (χ0n) is 15.5. The van der Waals surface area contributed by atoms with Crippen LogP contribution in [-0.4, -0.2) is 35.3 Å². The number of hydrogen-bond donors (Lipinski definition) is 1. The molecule has 1 N–H and O–H groups in total. The fourth-order valence-corrected chi connectivity index (χ4v) is 4.22. The fraction of sp³-hybridized carbons (Fsp3) is 0.619. The predicted molar refractivity (Wildman–Crippen MR) is 99.4 cm³/mol. The number of carbonyl (C=O) groups excluding carboxylic acids is 2. The molecule has 0 bridgehead atoms. The standard InChI is InChI=1S/C21H30N2O2/c1-15-10-12-18(13-11-15)21(25)23-14-6-9-19(23)20(24)22-16(2)17-7-4-3-5-8-17/h10-13,16-17,19H,3-9,14H2,1-2H3,(H,22,24)/t16-,19+/m0/s1. The van der Waals surface area contributed by atoms with Crippen molar-refractivity contribution in [2.75, 3.05) is 6.54 Å². The van der Waals surface area contributed by atoms with E-state index in [1.165, 1.54) is 32.1 Å². The van der Waals surface area contributed by atoms with Crippen LogP contribution in [0.25, 0.3) is 0 Å². The number of benzene rings is 1. The third-order valence-electron chi connectivity index (χ3n) is 5.84. The molecule has 4 heteroatoms. The van der Waals surface area contributed by atoms with Gasteiger partial charge in [-0.2, -0.15) is 0 Å². The summed E-state index contributed by atoms with van der Waals surface area (Å²) in [6.07, 6.45) is 7.93. The Hall–Kier alpha value is -1.84. The van der Waals surface area contributed by atoms with Crippen LogP contribution in [0.4, 0.5) is 0 Å². The van der Waals surface area contributed by atoms with Gasteiger partial charge in [0.15, 0.2) is 0 Å². The Morgan fingerprint density at radius 2 is 1.72 bits per heavy atom. The van der Waals surface area contributed by atoms with Crippen molar-refractivity contribution in [3.8, 4) is 0 Å². The number of likely N-dealkylation sites (tertiary alicyclic amines) is 1. The molecule has 2 amide bonds. The van der Waals surface area contributed by atoms with E-state index in [0.29, 0.717) is 18.0 Å². The summed E-state index contributed by atoms with van der Waals surface area (Å²) in [6.45, 7) is 4.80. The quantitative estimate of drug-likeness (QED) is 0.907. The molecule has 1 aromatic rings. The molecule has 1 saturated carbocycles. The van der Waals surface area contributed by atoms with E-state index in [2.05, 4.69) is 12.2 Å². The van der Waals surface area contributed by atoms with Gasteiger partial charge < -0.3 is 10.2 Å². The van der Waals surface area contributed by atoms with Crippen molar-refractivity contribution in [3.63, 3.8) is 0 Å². The topological polar surface area (TPSA) is 49.4 Å². The Morgan fingerprint density at radius 1 is 1.04 bits per heavy atom. The van der Waals surface area contributed by atoms with Crippen LogP contribution < -0.4 is 5.32 Å². The Labute approximate surface area is 151 Å². The second-order valence-electron chi connectivity index (χ2n) is 7.72. The smallest absolute Gasteiger partial charge is 0.254 e. The van der Waals surface area contributed by atoms with Gasteiger partial charge in [0.25, 0.3) is 5.91 Å². The highest BCUT2D eigenvalue weighted by Gasteiger charge is 2.35. The maximum Gasteiger partial charge on any atom is 0.254 e. The number of carbonyl (C=O) groups is 2.